The molecule has 0 atom stereocenters. The van der Waals surface area contributed by atoms with Gasteiger partial charge in [0.25, 0.3) is 5.91 Å². The van der Waals surface area contributed by atoms with E-state index in [2.05, 4.69) is 55.4 Å². The molecule has 7 heteroatoms. The molecule has 4 aromatic carbocycles. The normalized spacial score (nSPS) is 11.2. The summed E-state index contributed by atoms with van der Waals surface area (Å²) in [6.45, 7) is 4.66. The summed E-state index contributed by atoms with van der Waals surface area (Å²) in [5, 5.41) is 14.8. The van der Waals surface area contributed by atoms with Gasteiger partial charge < -0.3 is 14.8 Å². The maximum atomic E-state index is 12.9. The van der Waals surface area contributed by atoms with E-state index in [-0.39, 0.29) is 5.57 Å². The van der Waals surface area contributed by atoms with Crippen LogP contribution in [-0.4, -0.2) is 12.5 Å². The first kappa shape index (κ1) is 26.5. The number of carbonyl (C=O) groups excluding carboxylic acids is 1. The van der Waals surface area contributed by atoms with Gasteiger partial charge in [0, 0.05) is 8.95 Å². The van der Waals surface area contributed by atoms with E-state index in [1.165, 1.54) is 6.08 Å². The van der Waals surface area contributed by atoms with Gasteiger partial charge >= 0.3 is 0 Å². The number of hydrogen-bond donors (Lipinski definition) is 1. The molecule has 1 amide bonds. The third-order valence-corrected chi connectivity index (χ3v) is 6.88. The van der Waals surface area contributed by atoms with Crippen LogP contribution in [0.3, 0.4) is 0 Å². The maximum Gasteiger partial charge on any atom is 0.266 e. The Bertz CT molecular complexity index is 1510. The van der Waals surface area contributed by atoms with Gasteiger partial charge in [-0.25, -0.2) is 0 Å². The van der Waals surface area contributed by atoms with Crippen LogP contribution in [0.25, 0.3) is 16.8 Å². The van der Waals surface area contributed by atoms with E-state index in [9.17, 15) is 10.1 Å². The molecule has 0 aliphatic rings. The number of rotatable bonds is 8. The third kappa shape index (κ3) is 6.40. The summed E-state index contributed by atoms with van der Waals surface area (Å²) in [5.74, 6) is 0.614. The molecular weight excluding hydrogens is 596 g/mol. The highest BCUT2D eigenvalue weighted by molar-refractivity contribution is 9.11. The van der Waals surface area contributed by atoms with Crippen LogP contribution in [0, 0.1) is 18.3 Å². The smallest absolute Gasteiger partial charge is 0.266 e. The van der Waals surface area contributed by atoms with Crippen molar-refractivity contribution in [2.45, 2.75) is 20.5 Å². The quantitative estimate of drug-likeness (QED) is 0.159. The zero-order valence-electron chi connectivity index (χ0n) is 20.3. The predicted octanol–water partition coefficient (Wildman–Crippen LogP) is 8.20. The molecule has 0 aliphatic carbocycles. The van der Waals surface area contributed by atoms with Gasteiger partial charge in [-0.1, -0.05) is 48.5 Å². The fourth-order valence-electron chi connectivity index (χ4n) is 3.89. The molecule has 0 bridgehead atoms. The van der Waals surface area contributed by atoms with Crippen molar-refractivity contribution in [1.29, 1.82) is 5.26 Å². The maximum absolute atomic E-state index is 12.9. The van der Waals surface area contributed by atoms with E-state index >= 15 is 0 Å². The Kier molecular flexibility index (Phi) is 8.65. The van der Waals surface area contributed by atoms with Crippen LogP contribution in [0.5, 0.6) is 11.5 Å². The van der Waals surface area contributed by atoms with Gasteiger partial charge in [-0.2, -0.15) is 5.26 Å². The summed E-state index contributed by atoms with van der Waals surface area (Å²) >= 11 is 6.93. The van der Waals surface area contributed by atoms with Crippen LogP contribution in [0.1, 0.15) is 23.6 Å². The molecule has 0 heterocycles. The van der Waals surface area contributed by atoms with E-state index in [0.29, 0.717) is 36.0 Å². The highest BCUT2D eigenvalue weighted by Gasteiger charge is 2.15. The number of halogens is 2. The average molecular weight is 620 g/mol. The summed E-state index contributed by atoms with van der Waals surface area (Å²) < 4.78 is 13.4. The van der Waals surface area contributed by atoms with Crippen molar-refractivity contribution in [1.82, 2.24) is 0 Å². The molecule has 4 aromatic rings. The Morgan fingerprint density at radius 2 is 1.70 bits per heavy atom. The van der Waals surface area contributed by atoms with Crippen molar-refractivity contribution in [3.63, 3.8) is 0 Å². The van der Waals surface area contributed by atoms with Gasteiger partial charge in [-0.3, -0.25) is 4.79 Å². The molecule has 37 heavy (non-hydrogen) atoms. The second-order valence-corrected chi connectivity index (χ2v) is 10.0. The molecule has 186 valence electrons. The minimum atomic E-state index is -0.512. The zero-order valence-corrected chi connectivity index (χ0v) is 23.5. The number of nitrogens with one attached hydrogen (secondary N) is 1. The standard InChI is InChI=1S/C30H24Br2N2O3/c1-3-36-28-16-20(15-23(17-33)30(35)34-29-25(31)13-19(2)14-26(29)32)11-12-27(28)37-18-22-9-6-8-21-7-4-5-10-24(21)22/h4-16H,3,18H2,1-2H3,(H,34,35)/b23-15+. The van der Waals surface area contributed by atoms with Crippen LogP contribution in [0.2, 0.25) is 0 Å². The van der Waals surface area contributed by atoms with Crippen molar-refractivity contribution in [2.75, 3.05) is 11.9 Å². The van der Waals surface area contributed by atoms with Crippen LogP contribution < -0.4 is 14.8 Å². The van der Waals surface area contributed by atoms with Crippen LogP contribution in [0.4, 0.5) is 5.69 Å². The van der Waals surface area contributed by atoms with Crippen LogP contribution in [-0.2, 0) is 11.4 Å². The Morgan fingerprint density at radius 1 is 0.973 bits per heavy atom. The lowest BCUT2D eigenvalue weighted by molar-refractivity contribution is -0.112. The molecule has 0 aliphatic heterocycles. The zero-order chi connectivity index (χ0) is 26.4. The number of ether oxygens (including phenoxy) is 2. The lowest BCUT2D eigenvalue weighted by Crippen LogP contribution is -2.14. The molecule has 0 aromatic heterocycles. The predicted molar refractivity (Wildman–Crippen MR) is 155 cm³/mol. The molecule has 5 nitrogen and oxygen atoms in total. The number of nitriles is 1. The van der Waals surface area contributed by atoms with Gasteiger partial charge in [-0.15, -0.1) is 0 Å². The number of anilines is 1. The summed E-state index contributed by atoms with van der Waals surface area (Å²) in [6, 6.07) is 25.4. The number of amides is 1. The number of fused-ring (bicyclic) bond motifs is 1. The lowest BCUT2D eigenvalue weighted by Gasteiger charge is -2.14. The Morgan fingerprint density at radius 3 is 2.43 bits per heavy atom. The Hall–Kier alpha value is -3.60. The van der Waals surface area contributed by atoms with Gasteiger partial charge in [0.15, 0.2) is 11.5 Å². The van der Waals surface area contributed by atoms with Crippen LogP contribution in [0.15, 0.2) is 87.3 Å². The van der Waals surface area contributed by atoms with Crippen molar-refractivity contribution < 1.29 is 14.3 Å². The molecule has 1 N–H and O–H groups in total. The van der Waals surface area contributed by atoms with Gasteiger partial charge in [-0.05, 0) is 104 Å². The Balaban J connectivity index is 1.56. The molecule has 0 radical (unpaired) electrons. The van der Waals surface area contributed by atoms with E-state index < -0.39 is 5.91 Å². The number of aryl methyl sites for hydroxylation is 1. The highest BCUT2D eigenvalue weighted by Crippen LogP contribution is 2.33. The molecule has 0 saturated carbocycles. The van der Waals surface area contributed by atoms with Crippen molar-refractivity contribution >= 4 is 60.3 Å². The first-order valence-electron chi connectivity index (χ1n) is 11.6. The third-order valence-electron chi connectivity index (χ3n) is 5.63. The Labute approximate surface area is 233 Å². The fraction of sp³-hybridized carbons (Fsp3) is 0.133. The minimum Gasteiger partial charge on any atom is -0.490 e. The first-order valence-corrected chi connectivity index (χ1v) is 13.2. The van der Waals surface area contributed by atoms with E-state index in [1.54, 1.807) is 18.2 Å². The second kappa shape index (κ2) is 12.1. The number of nitrogens with zero attached hydrogens (tertiary/aromatic N) is 1. The minimum absolute atomic E-state index is 0.0359. The number of hydrogen-bond acceptors (Lipinski definition) is 4. The lowest BCUT2D eigenvalue weighted by atomic mass is 10.1. The molecule has 0 spiro atoms. The second-order valence-electron chi connectivity index (χ2n) is 8.29. The molecule has 0 unspecified atom stereocenters. The average Bonchev–Trinajstić information content (AvgIpc) is 2.89. The number of carbonyl (C=O) groups is 1. The van der Waals surface area contributed by atoms with E-state index in [4.69, 9.17) is 9.47 Å². The molecule has 4 rings (SSSR count). The molecule has 0 saturated heterocycles. The number of benzene rings is 4. The van der Waals surface area contributed by atoms with Crippen LogP contribution >= 0.6 is 31.9 Å². The largest absolute Gasteiger partial charge is 0.490 e. The topological polar surface area (TPSA) is 71.3 Å². The summed E-state index contributed by atoms with van der Waals surface area (Å²) in [7, 11) is 0. The SMILES string of the molecule is CCOc1cc(/C=C(\C#N)C(=O)Nc2c(Br)cc(C)cc2Br)ccc1OCc1cccc2ccccc12. The highest BCUT2D eigenvalue weighted by atomic mass is 79.9. The fourth-order valence-corrected chi connectivity index (χ4v) is 5.50. The van der Waals surface area contributed by atoms with Gasteiger partial charge in [0.2, 0.25) is 0 Å². The summed E-state index contributed by atoms with van der Waals surface area (Å²) in [4.78, 5) is 12.9. The monoisotopic (exact) mass is 618 g/mol. The molecule has 0 fully saturated rings. The first-order chi connectivity index (χ1) is 17.9. The van der Waals surface area contributed by atoms with E-state index in [0.717, 1.165) is 30.8 Å². The summed E-state index contributed by atoms with van der Waals surface area (Å²) in [5.41, 5.74) is 3.27. The van der Waals surface area contributed by atoms with Crippen molar-refractivity contribution in [3.8, 4) is 17.6 Å². The molecular formula is C30H24Br2N2O3. The van der Waals surface area contributed by atoms with Gasteiger partial charge in [0.1, 0.15) is 18.2 Å². The van der Waals surface area contributed by atoms with Crippen molar-refractivity contribution in [2.24, 2.45) is 0 Å². The van der Waals surface area contributed by atoms with Gasteiger partial charge in [0.05, 0.1) is 12.3 Å². The summed E-state index contributed by atoms with van der Waals surface area (Å²) in [6.07, 6.45) is 1.53. The van der Waals surface area contributed by atoms with Crippen molar-refractivity contribution in [3.05, 3.63) is 104 Å². The van der Waals surface area contributed by atoms with E-state index in [1.807, 2.05) is 56.3 Å².